The Labute approximate surface area is 192 Å². The van der Waals surface area contributed by atoms with Crippen LogP contribution in [0, 0.1) is 6.92 Å². The zero-order valence-corrected chi connectivity index (χ0v) is 18.6. The smallest absolute Gasteiger partial charge is 0.257 e. The van der Waals surface area contributed by atoms with Gasteiger partial charge in [0.05, 0.1) is 17.8 Å². The quantitative estimate of drug-likeness (QED) is 0.354. The van der Waals surface area contributed by atoms with Crippen molar-refractivity contribution in [1.82, 2.24) is 19.9 Å². The van der Waals surface area contributed by atoms with E-state index in [1.54, 1.807) is 6.20 Å². The molecule has 1 unspecified atom stereocenters. The van der Waals surface area contributed by atoms with Gasteiger partial charge < -0.3 is 15.5 Å². The zero-order chi connectivity index (χ0) is 22.8. The molecule has 0 fully saturated rings. The molecule has 5 aromatic rings. The number of pyridine rings is 1. The SMILES string of the molecule is Cc1ccc(C(C)COc2nc(-c3ccc4ncccc4c3)c(-c3ccccc3)nc2N)[nH]1. The Morgan fingerprint density at radius 3 is 2.52 bits per heavy atom. The highest BCUT2D eigenvalue weighted by Crippen LogP contribution is 2.34. The number of nitrogens with one attached hydrogen (secondary N) is 1. The average molecular weight is 436 g/mol. The highest BCUT2D eigenvalue weighted by atomic mass is 16.5. The van der Waals surface area contributed by atoms with E-state index in [1.807, 2.05) is 61.5 Å². The summed E-state index contributed by atoms with van der Waals surface area (Å²) in [7, 11) is 0. The minimum atomic E-state index is 0.156. The number of fused-ring (bicyclic) bond motifs is 1. The molecule has 0 spiro atoms. The maximum Gasteiger partial charge on any atom is 0.257 e. The largest absolute Gasteiger partial charge is 0.474 e. The van der Waals surface area contributed by atoms with Gasteiger partial charge in [-0.05, 0) is 37.3 Å². The van der Waals surface area contributed by atoms with Gasteiger partial charge in [-0.2, -0.15) is 0 Å². The third-order valence-corrected chi connectivity index (χ3v) is 5.67. The van der Waals surface area contributed by atoms with E-state index in [0.29, 0.717) is 12.5 Å². The molecule has 0 aliphatic rings. The Balaban J connectivity index is 1.55. The molecule has 0 radical (unpaired) electrons. The number of aromatic nitrogens is 4. The van der Waals surface area contributed by atoms with Crippen LogP contribution in [0.4, 0.5) is 5.82 Å². The van der Waals surface area contributed by atoms with Crippen LogP contribution in [0.3, 0.4) is 0 Å². The summed E-state index contributed by atoms with van der Waals surface area (Å²) in [6, 6.07) is 24.1. The first-order valence-electron chi connectivity index (χ1n) is 10.9. The molecule has 6 nitrogen and oxygen atoms in total. The van der Waals surface area contributed by atoms with Gasteiger partial charge in [0.25, 0.3) is 5.88 Å². The maximum absolute atomic E-state index is 6.31. The minimum Gasteiger partial charge on any atom is -0.474 e. The Hall–Kier alpha value is -4.19. The fourth-order valence-electron chi connectivity index (χ4n) is 3.87. The monoisotopic (exact) mass is 435 g/mol. The van der Waals surface area contributed by atoms with Crippen LogP contribution in [0.15, 0.2) is 79.0 Å². The van der Waals surface area contributed by atoms with E-state index in [9.17, 15) is 0 Å². The number of hydrogen-bond donors (Lipinski definition) is 2. The lowest BCUT2D eigenvalue weighted by atomic mass is 10.0. The molecule has 0 saturated carbocycles. The van der Waals surface area contributed by atoms with Gasteiger partial charge in [0, 0.05) is 40.0 Å². The molecule has 0 saturated heterocycles. The minimum absolute atomic E-state index is 0.156. The normalized spacial score (nSPS) is 12.1. The number of hydrogen-bond acceptors (Lipinski definition) is 5. The summed E-state index contributed by atoms with van der Waals surface area (Å²) in [5, 5.41) is 1.03. The molecule has 0 aliphatic heterocycles. The van der Waals surface area contributed by atoms with Gasteiger partial charge in [-0.3, -0.25) is 4.98 Å². The third-order valence-electron chi connectivity index (χ3n) is 5.67. The first kappa shape index (κ1) is 20.7. The zero-order valence-electron chi connectivity index (χ0n) is 18.6. The fourth-order valence-corrected chi connectivity index (χ4v) is 3.87. The van der Waals surface area contributed by atoms with Crippen LogP contribution in [-0.4, -0.2) is 26.5 Å². The Morgan fingerprint density at radius 2 is 1.73 bits per heavy atom. The molecule has 6 heteroatoms. The van der Waals surface area contributed by atoms with Gasteiger partial charge in [0.1, 0.15) is 5.69 Å². The summed E-state index contributed by atoms with van der Waals surface area (Å²) in [6.07, 6.45) is 1.79. The number of aromatic amines is 1. The standard InChI is InChI=1S/C27H25N5O/c1-17(22-12-10-18(2)30-22)16-33-27-26(28)31-24(19-7-4-3-5-8-19)25(32-27)21-11-13-23-20(15-21)9-6-14-29-23/h3-15,17,30H,16H2,1-2H3,(H2,28,31). The van der Waals surface area contributed by atoms with Crippen LogP contribution >= 0.6 is 0 Å². The molecule has 164 valence electrons. The van der Waals surface area contributed by atoms with Crippen LogP contribution in [0.5, 0.6) is 5.88 Å². The van der Waals surface area contributed by atoms with E-state index in [0.717, 1.165) is 44.8 Å². The molecule has 3 aromatic heterocycles. The van der Waals surface area contributed by atoms with Crippen molar-refractivity contribution in [2.45, 2.75) is 19.8 Å². The van der Waals surface area contributed by atoms with Crippen LogP contribution in [0.2, 0.25) is 0 Å². The van der Waals surface area contributed by atoms with Gasteiger partial charge in [-0.15, -0.1) is 0 Å². The number of rotatable bonds is 6. The second kappa shape index (κ2) is 8.74. The first-order chi connectivity index (χ1) is 16.1. The number of benzene rings is 2. The number of nitrogens with zero attached hydrogens (tertiary/aromatic N) is 3. The molecule has 0 bridgehead atoms. The average Bonchev–Trinajstić information content (AvgIpc) is 3.29. The second-order valence-electron chi connectivity index (χ2n) is 8.20. The predicted octanol–water partition coefficient (Wildman–Crippen LogP) is 5.76. The van der Waals surface area contributed by atoms with Gasteiger partial charge in [-0.1, -0.05) is 49.4 Å². The molecule has 3 N–H and O–H groups in total. The Kier molecular flexibility index (Phi) is 5.48. The lowest BCUT2D eigenvalue weighted by Crippen LogP contribution is -2.11. The molecular formula is C27H25N5O. The van der Waals surface area contributed by atoms with Gasteiger partial charge >= 0.3 is 0 Å². The number of nitrogens with two attached hydrogens (primary N) is 1. The van der Waals surface area contributed by atoms with Crippen LogP contribution in [-0.2, 0) is 0 Å². The molecule has 33 heavy (non-hydrogen) atoms. The fraction of sp³-hybridized carbons (Fsp3) is 0.148. The van der Waals surface area contributed by atoms with Crippen molar-refractivity contribution in [3.8, 4) is 28.4 Å². The van der Waals surface area contributed by atoms with E-state index in [2.05, 4.69) is 35.1 Å². The molecule has 2 aromatic carbocycles. The number of aryl methyl sites for hydroxylation is 1. The molecule has 0 aliphatic carbocycles. The van der Waals surface area contributed by atoms with E-state index in [4.69, 9.17) is 20.4 Å². The lowest BCUT2D eigenvalue weighted by Gasteiger charge is -2.16. The summed E-state index contributed by atoms with van der Waals surface area (Å²) >= 11 is 0. The van der Waals surface area contributed by atoms with Crippen molar-refractivity contribution in [2.75, 3.05) is 12.3 Å². The number of nitrogen functional groups attached to an aromatic ring is 1. The highest BCUT2D eigenvalue weighted by molar-refractivity contribution is 5.87. The summed E-state index contributed by atoms with van der Waals surface area (Å²) in [5.74, 6) is 0.768. The summed E-state index contributed by atoms with van der Waals surface area (Å²) in [6.45, 7) is 4.57. The van der Waals surface area contributed by atoms with E-state index < -0.39 is 0 Å². The summed E-state index contributed by atoms with van der Waals surface area (Å²) < 4.78 is 6.07. The number of H-pyrrole nitrogens is 1. The highest BCUT2D eigenvalue weighted by Gasteiger charge is 2.18. The Morgan fingerprint density at radius 1 is 0.909 bits per heavy atom. The first-order valence-corrected chi connectivity index (χ1v) is 10.9. The number of ether oxygens (including phenoxy) is 1. The van der Waals surface area contributed by atoms with Crippen molar-refractivity contribution < 1.29 is 4.74 Å². The summed E-state index contributed by atoms with van der Waals surface area (Å²) in [5.41, 5.74) is 12.8. The third kappa shape index (κ3) is 4.28. The van der Waals surface area contributed by atoms with Crippen molar-refractivity contribution in [3.05, 3.63) is 90.4 Å². The molecule has 1 atom stereocenters. The predicted molar refractivity (Wildman–Crippen MR) is 132 cm³/mol. The number of anilines is 1. The topological polar surface area (TPSA) is 89.7 Å². The molecular weight excluding hydrogens is 410 g/mol. The van der Waals surface area contributed by atoms with Gasteiger partial charge in [0.15, 0.2) is 5.82 Å². The summed E-state index contributed by atoms with van der Waals surface area (Å²) in [4.78, 5) is 17.4. The van der Waals surface area contributed by atoms with E-state index in [-0.39, 0.29) is 11.7 Å². The van der Waals surface area contributed by atoms with E-state index in [1.165, 1.54) is 0 Å². The lowest BCUT2D eigenvalue weighted by molar-refractivity contribution is 0.284. The van der Waals surface area contributed by atoms with Gasteiger partial charge in [-0.25, -0.2) is 9.97 Å². The second-order valence-corrected chi connectivity index (χ2v) is 8.20. The van der Waals surface area contributed by atoms with Crippen molar-refractivity contribution in [2.24, 2.45) is 0 Å². The maximum atomic E-state index is 6.31. The van der Waals surface area contributed by atoms with Crippen LogP contribution in [0.1, 0.15) is 24.2 Å². The van der Waals surface area contributed by atoms with Gasteiger partial charge in [0.2, 0.25) is 0 Å². The molecule has 5 rings (SSSR count). The Bertz CT molecular complexity index is 1410. The van der Waals surface area contributed by atoms with Crippen LogP contribution < -0.4 is 10.5 Å². The van der Waals surface area contributed by atoms with Crippen molar-refractivity contribution in [3.63, 3.8) is 0 Å². The van der Waals surface area contributed by atoms with Crippen molar-refractivity contribution in [1.29, 1.82) is 0 Å². The van der Waals surface area contributed by atoms with Crippen molar-refractivity contribution >= 4 is 16.7 Å². The molecule has 3 heterocycles. The van der Waals surface area contributed by atoms with Crippen LogP contribution in [0.25, 0.3) is 33.4 Å². The molecule has 0 amide bonds. The van der Waals surface area contributed by atoms with E-state index >= 15 is 0 Å².